The molecule has 0 aliphatic carbocycles. The highest BCUT2D eigenvalue weighted by molar-refractivity contribution is 5.79. The van der Waals surface area contributed by atoms with E-state index in [-0.39, 0.29) is 11.9 Å². The van der Waals surface area contributed by atoms with Gasteiger partial charge in [-0.2, -0.15) is 0 Å². The van der Waals surface area contributed by atoms with Crippen LogP contribution in [0.2, 0.25) is 0 Å². The van der Waals surface area contributed by atoms with Crippen LogP contribution in [0.3, 0.4) is 0 Å². The summed E-state index contributed by atoms with van der Waals surface area (Å²) in [5.41, 5.74) is 0.984. The van der Waals surface area contributed by atoms with E-state index in [2.05, 4.69) is 9.88 Å². The second-order valence-corrected chi connectivity index (χ2v) is 6.99. The van der Waals surface area contributed by atoms with E-state index in [4.69, 9.17) is 4.98 Å². The Labute approximate surface area is 148 Å². The summed E-state index contributed by atoms with van der Waals surface area (Å²) in [6.07, 6.45) is 8.17. The van der Waals surface area contributed by atoms with Crippen molar-refractivity contribution in [2.24, 2.45) is 0 Å². The minimum Gasteiger partial charge on any atom is -0.333 e. The molecule has 6 heteroatoms. The summed E-state index contributed by atoms with van der Waals surface area (Å²) < 4.78 is 1.98. The van der Waals surface area contributed by atoms with Crippen molar-refractivity contribution in [1.29, 1.82) is 0 Å². The average molecular weight is 339 g/mol. The fourth-order valence-electron chi connectivity index (χ4n) is 3.97. The van der Waals surface area contributed by atoms with Crippen molar-refractivity contribution in [3.8, 4) is 5.82 Å². The number of rotatable bonds is 4. The highest BCUT2D eigenvalue weighted by Gasteiger charge is 2.32. The zero-order chi connectivity index (χ0) is 17.2. The van der Waals surface area contributed by atoms with E-state index >= 15 is 0 Å². The highest BCUT2D eigenvalue weighted by atomic mass is 16.2. The Kier molecular flexibility index (Phi) is 4.53. The van der Waals surface area contributed by atoms with Crippen molar-refractivity contribution in [1.82, 2.24) is 24.3 Å². The van der Waals surface area contributed by atoms with Crippen LogP contribution >= 0.6 is 0 Å². The number of carbonyl (C=O) groups is 1. The molecule has 0 saturated carbocycles. The molecule has 0 N–H and O–H groups in total. The number of carbonyl (C=O) groups excluding carboxylic acids is 1. The highest BCUT2D eigenvalue weighted by Crippen LogP contribution is 2.31. The topological polar surface area (TPSA) is 54.3 Å². The molecular weight excluding hydrogens is 314 g/mol. The molecule has 4 heterocycles. The summed E-state index contributed by atoms with van der Waals surface area (Å²) in [5, 5.41) is 0. The smallest absolute Gasteiger partial charge is 0.237 e. The Morgan fingerprint density at radius 2 is 2.04 bits per heavy atom. The summed E-state index contributed by atoms with van der Waals surface area (Å²) in [5.74, 6) is 2.03. The zero-order valence-corrected chi connectivity index (χ0v) is 14.8. The van der Waals surface area contributed by atoms with E-state index in [1.54, 1.807) is 6.20 Å². The first kappa shape index (κ1) is 16.3. The molecule has 0 bridgehead atoms. The fraction of sp³-hybridized carbons (Fsp3) is 0.526. The maximum atomic E-state index is 12.8. The quantitative estimate of drug-likeness (QED) is 0.858. The Balaban J connectivity index is 1.54. The molecule has 6 nitrogen and oxygen atoms in total. The van der Waals surface area contributed by atoms with Crippen LogP contribution in [0.15, 0.2) is 30.6 Å². The first-order valence-electron chi connectivity index (χ1n) is 9.21. The van der Waals surface area contributed by atoms with Crippen molar-refractivity contribution in [2.45, 2.75) is 38.6 Å². The molecule has 1 amide bonds. The van der Waals surface area contributed by atoms with Crippen LogP contribution in [-0.2, 0) is 4.79 Å². The van der Waals surface area contributed by atoms with Gasteiger partial charge in [0.2, 0.25) is 5.91 Å². The van der Waals surface area contributed by atoms with Gasteiger partial charge in [0.1, 0.15) is 11.6 Å². The average Bonchev–Trinajstić information content (AvgIpc) is 3.36. The third-order valence-corrected chi connectivity index (χ3v) is 5.30. The fourth-order valence-corrected chi connectivity index (χ4v) is 3.97. The minimum absolute atomic E-state index is 0.0962. The Bertz CT molecular complexity index is 750. The molecule has 2 aromatic heterocycles. The molecule has 0 aromatic carbocycles. The predicted octanol–water partition coefficient (Wildman–Crippen LogP) is 2.34. The number of hydrogen-bond acceptors (Lipinski definition) is 4. The van der Waals surface area contributed by atoms with Crippen molar-refractivity contribution >= 4 is 5.91 Å². The van der Waals surface area contributed by atoms with Crippen LogP contribution in [-0.4, -0.2) is 56.4 Å². The van der Waals surface area contributed by atoms with E-state index < -0.39 is 0 Å². The molecule has 132 valence electrons. The van der Waals surface area contributed by atoms with Crippen molar-refractivity contribution < 1.29 is 4.79 Å². The minimum atomic E-state index is 0.0962. The van der Waals surface area contributed by atoms with Crippen LogP contribution in [0, 0.1) is 6.92 Å². The van der Waals surface area contributed by atoms with E-state index in [1.807, 2.05) is 40.8 Å². The molecular formula is C19H25N5O. The number of likely N-dealkylation sites (tertiary alicyclic amines) is 2. The van der Waals surface area contributed by atoms with Crippen LogP contribution in [0.4, 0.5) is 0 Å². The molecule has 2 fully saturated rings. The maximum absolute atomic E-state index is 12.8. The van der Waals surface area contributed by atoms with Gasteiger partial charge in [-0.1, -0.05) is 6.07 Å². The summed E-state index contributed by atoms with van der Waals surface area (Å²) in [6, 6.07) is 6.16. The van der Waals surface area contributed by atoms with Gasteiger partial charge >= 0.3 is 0 Å². The van der Waals surface area contributed by atoms with Gasteiger partial charge in [0.25, 0.3) is 0 Å². The van der Waals surface area contributed by atoms with Gasteiger partial charge in [-0.3, -0.25) is 14.3 Å². The van der Waals surface area contributed by atoms with Gasteiger partial charge in [0.15, 0.2) is 0 Å². The second-order valence-electron chi connectivity index (χ2n) is 6.99. The van der Waals surface area contributed by atoms with Gasteiger partial charge in [0.05, 0.1) is 18.3 Å². The second kappa shape index (κ2) is 6.96. The molecule has 0 radical (unpaired) electrons. The molecule has 2 aromatic rings. The van der Waals surface area contributed by atoms with Crippen molar-refractivity contribution in [3.05, 3.63) is 42.1 Å². The van der Waals surface area contributed by atoms with Gasteiger partial charge in [-0.25, -0.2) is 9.97 Å². The zero-order valence-electron chi connectivity index (χ0n) is 14.8. The number of aromatic nitrogens is 3. The predicted molar refractivity (Wildman–Crippen MR) is 95.5 cm³/mol. The SMILES string of the molecule is Cc1nccn1-c1cccc(C2CCCN2C(=O)CN2CCCC2)n1. The molecule has 2 aliphatic rings. The lowest BCUT2D eigenvalue weighted by molar-refractivity contribution is -0.133. The molecule has 2 saturated heterocycles. The van der Waals surface area contributed by atoms with Gasteiger partial charge in [-0.05, 0) is 57.8 Å². The normalized spacial score (nSPS) is 21.2. The monoisotopic (exact) mass is 339 g/mol. The Hall–Kier alpha value is -2.21. The van der Waals surface area contributed by atoms with Crippen molar-refractivity contribution in [2.75, 3.05) is 26.2 Å². The van der Waals surface area contributed by atoms with E-state index in [9.17, 15) is 4.79 Å². The van der Waals surface area contributed by atoms with Gasteiger partial charge in [-0.15, -0.1) is 0 Å². The largest absolute Gasteiger partial charge is 0.333 e. The number of pyridine rings is 1. The number of imidazole rings is 1. The maximum Gasteiger partial charge on any atom is 0.237 e. The van der Waals surface area contributed by atoms with Gasteiger partial charge < -0.3 is 4.90 Å². The third-order valence-electron chi connectivity index (χ3n) is 5.30. The number of amides is 1. The molecule has 25 heavy (non-hydrogen) atoms. The van der Waals surface area contributed by atoms with Crippen molar-refractivity contribution in [3.63, 3.8) is 0 Å². The Morgan fingerprint density at radius 3 is 2.80 bits per heavy atom. The summed E-state index contributed by atoms with van der Waals surface area (Å²) in [6.45, 7) is 5.47. The molecule has 4 rings (SSSR count). The van der Waals surface area contributed by atoms with Crippen LogP contribution in [0.5, 0.6) is 0 Å². The molecule has 0 spiro atoms. The summed E-state index contributed by atoms with van der Waals surface area (Å²) in [4.78, 5) is 26.2. The Morgan fingerprint density at radius 1 is 1.20 bits per heavy atom. The van der Waals surface area contributed by atoms with Crippen LogP contribution in [0.1, 0.15) is 43.2 Å². The van der Waals surface area contributed by atoms with Crippen LogP contribution < -0.4 is 0 Å². The lowest BCUT2D eigenvalue weighted by Gasteiger charge is -2.27. The lowest BCUT2D eigenvalue weighted by atomic mass is 10.1. The van der Waals surface area contributed by atoms with E-state index in [1.165, 1.54) is 12.8 Å². The van der Waals surface area contributed by atoms with E-state index in [0.29, 0.717) is 6.54 Å². The standard InChI is InChI=1S/C19H25N5O/c1-15-20-9-13-23(15)18-8-4-6-16(21-18)17-7-5-12-24(17)19(25)14-22-10-2-3-11-22/h4,6,8-9,13,17H,2-3,5,7,10-12,14H2,1H3. The molecule has 1 atom stereocenters. The number of nitrogens with zero attached hydrogens (tertiary/aromatic N) is 5. The summed E-state index contributed by atoms with van der Waals surface area (Å²) >= 11 is 0. The first-order chi connectivity index (χ1) is 12.2. The molecule has 2 aliphatic heterocycles. The number of aryl methyl sites for hydroxylation is 1. The van der Waals surface area contributed by atoms with Gasteiger partial charge in [0, 0.05) is 18.9 Å². The van der Waals surface area contributed by atoms with Crippen LogP contribution in [0.25, 0.3) is 5.82 Å². The lowest BCUT2D eigenvalue weighted by Crippen LogP contribution is -2.39. The summed E-state index contributed by atoms with van der Waals surface area (Å²) in [7, 11) is 0. The van der Waals surface area contributed by atoms with E-state index in [0.717, 1.165) is 49.8 Å². The first-order valence-corrected chi connectivity index (χ1v) is 9.21. The number of hydrogen-bond donors (Lipinski definition) is 0. The third kappa shape index (κ3) is 3.31. The molecule has 1 unspecified atom stereocenters.